The second-order valence-electron chi connectivity index (χ2n) is 5.85. The van der Waals surface area contributed by atoms with E-state index in [1.807, 2.05) is 36.5 Å². The lowest BCUT2D eigenvalue weighted by molar-refractivity contribution is -0.149. The maximum absolute atomic E-state index is 12.5. The van der Waals surface area contributed by atoms with Crippen LogP contribution in [-0.2, 0) is 16.0 Å². The van der Waals surface area contributed by atoms with Crippen LogP contribution in [0.25, 0.3) is 5.69 Å². The first-order valence-electron chi connectivity index (χ1n) is 7.69. The van der Waals surface area contributed by atoms with Crippen LogP contribution in [0.1, 0.15) is 25.3 Å². The Morgan fingerprint density at radius 3 is 2.65 bits per heavy atom. The molecule has 2 aromatic rings. The van der Waals surface area contributed by atoms with Gasteiger partial charge in [-0.05, 0) is 37.5 Å². The van der Waals surface area contributed by atoms with Crippen molar-refractivity contribution >= 4 is 11.9 Å². The van der Waals surface area contributed by atoms with E-state index in [2.05, 4.69) is 5.10 Å². The summed E-state index contributed by atoms with van der Waals surface area (Å²) >= 11 is 0. The highest BCUT2D eigenvalue weighted by Gasteiger charge is 2.38. The molecule has 6 heteroatoms. The predicted molar refractivity (Wildman–Crippen MR) is 84.2 cm³/mol. The van der Waals surface area contributed by atoms with Gasteiger partial charge < -0.3 is 10.0 Å². The molecule has 1 aliphatic rings. The summed E-state index contributed by atoms with van der Waals surface area (Å²) in [6.45, 7) is 1.56. The maximum atomic E-state index is 12.5. The van der Waals surface area contributed by atoms with E-state index in [4.69, 9.17) is 0 Å². The van der Waals surface area contributed by atoms with Crippen molar-refractivity contribution in [1.82, 2.24) is 14.7 Å². The number of carboxylic acid groups (broad SMARTS) is 1. The van der Waals surface area contributed by atoms with Gasteiger partial charge in [-0.25, -0.2) is 9.48 Å². The largest absolute Gasteiger partial charge is 0.480 e. The van der Waals surface area contributed by atoms with Crippen LogP contribution in [0.15, 0.2) is 42.7 Å². The number of carboxylic acids is 1. The van der Waals surface area contributed by atoms with Gasteiger partial charge in [-0.1, -0.05) is 18.2 Å². The summed E-state index contributed by atoms with van der Waals surface area (Å²) in [4.78, 5) is 25.2. The topological polar surface area (TPSA) is 75.4 Å². The number of carbonyl (C=O) groups excluding carboxylic acids is 1. The molecule has 1 aromatic carbocycles. The molecule has 1 saturated carbocycles. The fourth-order valence-electron chi connectivity index (χ4n) is 2.65. The summed E-state index contributed by atoms with van der Waals surface area (Å²) in [5.74, 6) is -1.12. The fraction of sp³-hybridized carbons (Fsp3) is 0.353. The molecule has 6 nitrogen and oxygen atoms in total. The third kappa shape index (κ3) is 3.41. The molecule has 1 fully saturated rings. The van der Waals surface area contributed by atoms with Gasteiger partial charge >= 0.3 is 5.97 Å². The molecule has 1 N–H and O–H groups in total. The minimum atomic E-state index is -0.967. The van der Waals surface area contributed by atoms with E-state index in [-0.39, 0.29) is 18.4 Å². The molecular weight excluding hydrogens is 294 g/mol. The number of para-hydroxylation sites is 1. The Hall–Kier alpha value is -2.63. The highest BCUT2D eigenvalue weighted by Crippen LogP contribution is 2.29. The van der Waals surface area contributed by atoms with Crippen LogP contribution in [0.5, 0.6) is 0 Å². The Balaban J connectivity index is 1.72. The maximum Gasteiger partial charge on any atom is 0.326 e. The average Bonchev–Trinajstić information content (AvgIpc) is 3.26. The second kappa shape index (κ2) is 6.24. The monoisotopic (exact) mass is 313 g/mol. The van der Waals surface area contributed by atoms with Gasteiger partial charge in [-0.3, -0.25) is 4.79 Å². The molecule has 1 amide bonds. The van der Waals surface area contributed by atoms with E-state index in [9.17, 15) is 14.7 Å². The summed E-state index contributed by atoms with van der Waals surface area (Å²) in [5.41, 5.74) is 1.70. The first-order valence-corrected chi connectivity index (χ1v) is 7.69. The Labute approximate surface area is 134 Å². The summed E-state index contributed by atoms with van der Waals surface area (Å²) in [5, 5.41) is 13.5. The zero-order chi connectivity index (χ0) is 16.4. The van der Waals surface area contributed by atoms with E-state index in [1.54, 1.807) is 17.8 Å². The number of rotatable bonds is 6. The van der Waals surface area contributed by atoms with Gasteiger partial charge in [0, 0.05) is 12.2 Å². The molecule has 120 valence electrons. The summed E-state index contributed by atoms with van der Waals surface area (Å²) in [7, 11) is 0. The van der Waals surface area contributed by atoms with Crippen LogP contribution in [0.3, 0.4) is 0 Å². The van der Waals surface area contributed by atoms with E-state index in [1.165, 1.54) is 4.90 Å². The molecular formula is C17H19N3O3. The van der Waals surface area contributed by atoms with E-state index >= 15 is 0 Å². The Morgan fingerprint density at radius 1 is 1.35 bits per heavy atom. The van der Waals surface area contributed by atoms with Crippen molar-refractivity contribution < 1.29 is 14.7 Å². The van der Waals surface area contributed by atoms with Gasteiger partial charge in [0.25, 0.3) is 0 Å². The fourth-order valence-corrected chi connectivity index (χ4v) is 2.65. The molecule has 0 saturated heterocycles. The third-order valence-corrected chi connectivity index (χ3v) is 4.02. The van der Waals surface area contributed by atoms with E-state index in [0.29, 0.717) is 0 Å². The Bertz CT molecular complexity index is 707. The zero-order valence-electron chi connectivity index (χ0n) is 12.9. The number of aliphatic carboxylic acids is 1. The van der Waals surface area contributed by atoms with Crippen molar-refractivity contribution in [2.45, 2.75) is 38.3 Å². The van der Waals surface area contributed by atoms with Crippen molar-refractivity contribution in [2.24, 2.45) is 0 Å². The van der Waals surface area contributed by atoms with Crippen LogP contribution in [0, 0.1) is 0 Å². The number of nitrogens with zero attached hydrogens (tertiary/aromatic N) is 3. The third-order valence-electron chi connectivity index (χ3n) is 4.02. The summed E-state index contributed by atoms with van der Waals surface area (Å²) in [6, 6.07) is 8.91. The molecule has 1 aliphatic carbocycles. The molecule has 1 atom stereocenters. The van der Waals surface area contributed by atoms with Gasteiger partial charge in [0.05, 0.1) is 18.3 Å². The smallest absolute Gasteiger partial charge is 0.326 e. The SMILES string of the molecule is CC(C(=O)O)N(C(=O)Cc1cnn(-c2ccccc2)c1)C1CC1. The highest BCUT2D eigenvalue weighted by atomic mass is 16.4. The van der Waals surface area contributed by atoms with Gasteiger partial charge in [0.1, 0.15) is 6.04 Å². The number of amides is 1. The summed E-state index contributed by atoms with van der Waals surface area (Å²) < 4.78 is 1.71. The normalized spacial score (nSPS) is 15.2. The lowest BCUT2D eigenvalue weighted by Gasteiger charge is -2.26. The molecule has 1 heterocycles. The number of carbonyl (C=O) groups is 2. The van der Waals surface area contributed by atoms with Crippen molar-refractivity contribution in [1.29, 1.82) is 0 Å². The van der Waals surface area contributed by atoms with Crippen LogP contribution in [0.2, 0.25) is 0 Å². The van der Waals surface area contributed by atoms with Gasteiger partial charge in [0.2, 0.25) is 5.91 Å². The van der Waals surface area contributed by atoms with Gasteiger partial charge in [-0.2, -0.15) is 5.10 Å². The van der Waals surface area contributed by atoms with Crippen molar-refractivity contribution in [3.05, 3.63) is 48.3 Å². The second-order valence-corrected chi connectivity index (χ2v) is 5.85. The Morgan fingerprint density at radius 2 is 2.04 bits per heavy atom. The first kappa shape index (κ1) is 15.3. The number of hydrogen-bond acceptors (Lipinski definition) is 3. The molecule has 0 radical (unpaired) electrons. The van der Waals surface area contributed by atoms with Crippen molar-refractivity contribution in [3.8, 4) is 5.69 Å². The first-order chi connectivity index (χ1) is 11.1. The Kier molecular flexibility index (Phi) is 4.14. The molecule has 3 rings (SSSR count). The van der Waals surface area contributed by atoms with Gasteiger partial charge in [-0.15, -0.1) is 0 Å². The van der Waals surface area contributed by atoms with Crippen LogP contribution >= 0.6 is 0 Å². The number of benzene rings is 1. The molecule has 23 heavy (non-hydrogen) atoms. The summed E-state index contributed by atoms with van der Waals surface area (Å²) in [6.07, 6.45) is 5.39. The standard InChI is InChI=1S/C17H19N3O3/c1-12(17(22)23)20(15-7-8-15)16(21)9-13-10-18-19(11-13)14-5-3-2-4-6-14/h2-6,10-12,15H,7-9H2,1H3,(H,22,23). The number of aromatic nitrogens is 2. The van der Waals surface area contributed by atoms with Crippen molar-refractivity contribution in [2.75, 3.05) is 0 Å². The van der Waals surface area contributed by atoms with Crippen LogP contribution < -0.4 is 0 Å². The zero-order valence-corrected chi connectivity index (χ0v) is 12.9. The van der Waals surface area contributed by atoms with E-state index < -0.39 is 12.0 Å². The van der Waals surface area contributed by atoms with E-state index in [0.717, 1.165) is 24.1 Å². The average molecular weight is 313 g/mol. The van der Waals surface area contributed by atoms with Crippen LogP contribution in [-0.4, -0.2) is 43.7 Å². The quantitative estimate of drug-likeness (QED) is 0.883. The van der Waals surface area contributed by atoms with Crippen LogP contribution in [0.4, 0.5) is 0 Å². The lowest BCUT2D eigenvalue weighted by atomic mass is 10.2. The molecule has 0 spiro atoms. The molecule has 1 aromatic heterocycles. The lowest BCUT2D eigenvalue weighted by Crippen LogP contribution is -2.45. The van der Waals surface area contributed by atoms with Gasteiger partial charge in [0.15, 0.2) is 0 Å². The van der Waals surface area contributed by atoms with Crippen molar-refractivity contribution in [3.63, 3.8) is 0 Å². The predicted octanol–water partition coefficient (Wildman–Crippen LogP) is 1.88. The molecule has 1 unspecified atom stereocenters. The minimum absolute atomic E-state index is 0.0674. The minimum Gasteiger partial charge on any atom is -0.480 e. The highest BCUT2D eigenvalue weighted by molar-refractivity contribution is 5.85. The molecule has 0 bridgehead atoms. The molecule has 0 aliphatic heterocycles. The number of hydrogen-bond donors (Lipinski definition) is 1.